The third-order valence-electron chi connectivity index (χ3n) is 7.81. The van der Waals surface area contributed by atoms with E-state index in [9.17, 15) is 27.7 Å². The van der Waals surface area contributed by atoms with Crippen LogP contribution in [0.1, 0.15) is 66.1 Å². The van der Waals surface area contributed by atoms with Gasteiger partial charge in [0.25, 0.3) is 5.91 Å². The third-order valence-corrected chi connectivity index (χ3v) is 10.9. The van der Waals surface area contributed by atoms with Gasteiger partial charge in [0.05, 0.1) is 40.8 Å². The first-order valence-electron chi connectivity index (χ1n) is 15.6. The van der Waals surface area contributed by atoms with Crippen molar-refractivity contribution in [3.8, 4) is 11.6 Å². The molecule has 0 spiro atoms. The van der Waals surface area contributed by atoms with Crippen molar-refractivity contribution >= 4 is 51.9 Å². The Morgan fingerprint density at radius 3 is 2.18 bits per heavy atom. The molecular weight excluding hydrogens is 667 g/mol. The molecule has 0 radical (unpaired) electrons. The summed E-state index contributed by atoms with van der Waals surface area (Å²) in [4.78, 5) is 26.7. The predicted octanol–water partition coefficient (Wildman–Crippen LogP) is 6.49. The molecule has 5 rings (SSSR count). The number of nitrogens with one attached hydrogen (secondary N) is 1. The van der Waals surface area contributed by atoms with Crippen molar-refractivity contribution in [3.63, 3.8) is 0 Å². The molecule has 1 atom stereocenters. The summed E-state index contributed by atoms with van der Waals surface area (Å²) in [5.41, 5.74) is 0.936. The second kappa shape index (κ2) is 13.7. The Bertz CT molecular complexity index is 2090. The highest BCUT2D eigenvalue weighted by molar-refractivity contribution is 7.92. The maximum absolute atomic E-state index is 14.6. The predicted molar refractivity (Wildman–Crippen MR) is 190 cm³/mol. The molecule has 49 heavy (non-hydrogen) atoms. The smallest absolute Gasteiger partial charge is 0.348 e. The number of amides is 1. The molecule has 258 valence electrons. The van der Waals surface area contributed by atoms with Crippen LogP contribution >= 0.6 is 7.52 Å². The molecule has 0 aliphatic carbocycles. The van der Waals surface area contributed by atoms with Gasteiger partial charge in [0, 0.05) is 12.1 Å². The molecule has 0 fully saturated rings. The lowest BCUT2D eigenvalue weighted by atomic mass is 9.92. The van der Waals surface area contributed by atoms with Gasteiger partial charge in [0.2, 0.25) is 15.9 Å². The molecule has 0 bridgehead atoms. The van der Waals surface area contributed by atoms with Gasteiger partial charge in [0.1, 0.15) is 5.56 Å². The van der Waals surface area contributed by atoms with Gasteiger partial charge in [-0.2, -0.15) is 4.76 Å². The van der Waals surface area contributed by atoms with Crippen LogP contribution in [0.3, 0.4) is 0 Å². The Morgan fingerprint density at radius 2 is 1.61 bits per heavy atom. The van der Waals surface area contributed by atoms with Crippen LogP contribution < -0.4 is 19.7 Å². The van der Waals surface area contributed by atoms with Crippen LogP contribution in [0.25, 0.3) is 0 Å². The number of amidine groups is 1. The molecule has 2 heterocycles. The number of anilines is 2. The summed E-state index contributed by atoms with van der Waals surface area (Å²) in [6, 6.07) is 20.4. The number of ether oxygens (including phenoxy) is 1. The molecule has 14 heteroatoms. The average molecular weight is 707 g/mol. The number of fused-ring (bicyclic) bond motifs is 1. The Hall–Kier alpha value is -4.71. The van der Waals surface area contributed by atoms with Crippen molar-refractivity contribution in [2.75, 3.05) is 22.5 Å². The number of benzene rings is 3. The highest BCUT2D eigenvalue weighted by Crippen LogP contribution is 2.54. The molecule has 1 aromatic heterocycles. The second-order valence-corrected chi connectivity index (χ2v) is 16.6. The maximum Gasteiger partial charge on any atom is 0.348 e. The fourth-order valence-electron chi connectivity index (χ4n) is 5.35. The summed E-state index contributed by atoms with van der Waals surface area (Å²) in [7, 11) is -8.34. The summed E-state index contributed by atoms with van der Waals surface area (Å²) in [6.45, 7) is 9.86. The lowest BCUT2D eigenvalue weighted by molar-refractivity contribution is 0.0732. The van der Waals surface area contributed by atoms with Crippen LogP contribution in [0.15, 0.2) is 83.6 Å². The number of aromatic nitrogens is 1. The van der Waals surface area contributed by atoms with Crippen molar-refractivity contribution in [1.29, 1.82) is 0 Å². The zero-order valence-corrected chi connectivity index (χ0v) is 29.8. The topological polar surface area (TPSA) is 157 Å². The first kappa shape index (κ1) is 35.6. The van der Waals surface area contributed by atoms with Crippen molar-refractivity contribution in [2.24, 2.45) is 10.2 Å². The zero-order chi connectivity index (χ0) is 35.7. The molecule has 3 aromatic carbocycles. The molecule has 1 unspecified atom stereocenters. The maximum atomic E-state index is 14.6. The summed E-state index contributed by atoms with van der Waals surface area (Å²) >= 11 is 0. The number of carbonyl (C=O) groups is 2. The minimum Gasteiger partial charge on any atom is -0.494 e. The number of carbonyl (C=O) groups excluding carboxylic acids is 2. The number of hydrogen-bond donors (Lipinski definition) is 2. The Balaban J connectivity index is 1.64. The van der Waals surface area contributed by atoms with Crippen LogP contribution in [0.2, 0.25) is 0 Å². The fourth-order valence-corrected chi connectivity index (χ4v) is 8.05. The molecule has 0 saturated carbocycles. The molecule has 12 nitrogen and oxygen atoms in total. The summed E-state index contributed by atoms with van der Waals surface area (Å²) in [5.74, 6) is -1.79. The van der Waals surface area contributed by atoms with Crippen LogP contribution in [-0.2, 0) is 25.7 Å². The molecule has 2 N–H and O–H groups in total. The normalized spacial score (nSPS) is 15.9. The van der Waals surface area contributed by atoms with E-state index in [-0.39, 0.29) is 62.9 Å². The van der Waals surface area contributed by atoms with Crippen molar-refractivity contribution in [1.82, 2.24) is 4.57 Å². The molecule has 4 aromatic rings. The number of aromatic hydroxyl groups is 1. The summed E-state index contributed by atoms with van der Waals surface area (Å²) in [6.07, 6.45) is 1.57. The van der Waals surface area contributed by atoms with Crippen LogP contribution in [0.5, 0.6) is 11.6 Å². The highest BCUT2D eigenvalue weighted by atomic mass is 32.2. The van der Waals surface area contributed by atoms with Crippen LogP contribution in [0, 0.1) is 12.3 Å². The minimum atomic E-state index is -4.19. The number of esters is 1. The van der Waals surface area contributed by atoms with Gasteiger partial charge in [0.15, 0.2) is 11.6 Å². The Labute approximate surface area is 286 Å². The van der Waals surface area contributed by atoms with Gasteiger partial charge in [-0.05, 0) is 68.1 Å². The van der Waals surface area contributed by atoms with E-state index in [2.05, 4.69) is 30.9 Å². The second-order valence-electron chi connectivity index (χ2n) is 12.7. The van der Waals surface area contributed by atoms with Crippen LogP contribution in [0.4, 0.5) is 11.4 Å². The van der Waals surface area contributed by atoms with Gasteiger partial charge in [-0.15, -0.1) is 0 Å². The summed E-state index contributed by atoms with van der Waals surface area (Å²) in [5, 5.41) is 14.7. The van der Waals surface area contributed by atoms with E-state index >= 15 is 0 Å². The molecular formula is C35H39N4O8PS. The van der Waals surface area contributed by atoms with Crippen molar-refractivity contribution in [3.05, 3.63) is 101 Å². The van der Waals surface area contributed by atoms with Gasteiger partial charge < -0.3 is 24.3 Å². The Kier molecular flexibility index (Phi) is 9.92. The van der Waals surface area contributed by atoms with Crippen molar-refractivity contribution < 1.29 is 36.9 Å². The largest absolute Gasteiger partial charge is 0.494 e. The summed E-state index contributed by atoms with van der Waals surface area (Å²) < 4.78 is 58.9. The van der Waals surface area contributed by atoms with Gasteiger partial charge >= 0.3 is 13.5 Å². The molecule has 1 amide bonds. The molecule has 1 aliphatic heterocycles. The quantitative estimate of drug-likeness (QED) is 0.139. The van der Waals surface area contributed by atoms with Crippen LogP contribution in [-0.4, -0.2) is 48.7 Å². The van der Waals surface area contributed by atoms with Gasteiger partial charge in [-0.1, -0.05) is 57.2 Å². The standard InChI is InChI=1S/C35H39N4O8PS/c1-7-46-48(43)28-22-26(39(49(6,44)45)32(40)24-14-10-8-11-15-24)18-19-27(28)36-31(37-48)29-30(47-34(42)25-16-12-9-13-17-25)23(2)38(33(29)41)21-20-35(3,4)5/h8-19,22,41H,7,20-21H2,1-6H3,(H,36,37,43). The number of hydrogen-bond acceptors (Lipinski definition) is 9. The highest BCUT2D eigenvalue weighted by Gasteiger charge is 2.39. The van der Waals surface area contributed by atoms with E-state index in [0.29, 0.717) is 23.0 Å². The zero-order valence-electron chi connectivity index (χ0n) is 28.1. The first-order valence-corrected chi connectivity index (χ1v) is 19.0. The first-order chi connectivity index (χ1) is 23.0. The number of rotatable bonds is 10. The molecule has 1 aliphatic rings. The van der Waals surface area contributed by atoms with E-state index in [0.717, 1.165) is 6.26 Å². The number of nitrogens with zero attached hydrogens (tertiary/aromatic N) is 3. The van der Waals surface area contributed by atoms with E-state index in [4.69, 9.17) is 9.26 Å². The SMILES string of the molecule is CCOP1(=O)N=C(c2c(OC(=O)c3ccccc3)c(C)n(CCC(C)(C)C)c2O)Nc2ccc(N(C(=O)c3ccccc3)S(C)(=O)=O)cc21. The average Bonchev–Trinajstić information content (AvgIpc) is 3.27. The monoisotopic (exact) mass is 706 g/mol. The van der Waals surface area contributed by atoms with Gasteiger partial charge in [-0.25, -0.2) is 17.5 Å². The van der Waals surface area contributed by atoms with E-state index < -0.39 is 29.4 Å². The van der Waals surface area contributed by atoms with Gasteiger partial charge in [-0.3, -0.25) is 9.36 Å². The lowest BCUT2D eigenvalue weighted by Crippen LogP contribution is -2.37. The minimum absolute atomic E-state index is 0.00219. The third kappa shape index (κ3) is 7.49. The van der Waals surface area contributed by atoms with E-state index in [1.165, 1.54) is 30.3 Å². The van der Waals surface area contributed by atoms with Crippen molar-refractivity contribution in [2.45, 2.75) is 47.6 Å². The number of sulfonamides is 1. The van der Waals surface area contributed by atoms with E-state index in [1.807, 2.05) is 0 Å². The Morgan fingerprint density at radius 1 is 1.00 bits per heavy atom. The lowest BCUT2D eigenvalue weighted by Gasteiger charge is -2.27. The molecule has 0 saturated heterocycles. The van der Waals surface area contributed by atoms with E-state index in [1.54, 1.807) is 66.9 Å². The fraction of sp³-hybridized carbons (Fsp3) is 0.286.